The molecule has 6 heteroatoms. The molecule has 0 saturated heterocycles. The van der Waals surface area contributed by atoms with Crippen LogP contribution in [0.2, 0.25) is 0 Å². The van der Waals surface area contributed by atoms with E-state index >= 15 is 0 Å². The van der Waals surface area contributed by atoms with Gasteiger partial charge in [-0.05, 0) is 62.9 Å². The third kappa shape index (κ3) is 4.97. The fourth-order valence-electron chi connectivity index (χ4n) is 5.22. The molecule has 2 aromatic carbocycles. The normalized spacial score (nSPS) is 20.2. The fourth-order valence-corrected chi connectivity index (χ4v) is 5.22. The van der Waals surface area contributed by atoms with Crippen molar-refractivity contribution in [3.63, 3.8) is 0 Å². The average molecular weight is 501 g/mol. The summed E-state index contributed by atoms with van der Waals surface area (Å²) >= 11 is 0. The van der Waals surface area contributed by atoms with Gasteiger partial charge in [-0.3, -0.25) is 9.79 Å². The number of aliphatic imine (C=N–C) groups is 1. The number of carboxylic acid groups (broad SMARTS) is 1. The minimum atomic E-state index is -1.04. The van der Waals surface area contributed by atoms with Crippen molar-refractivity contribution < 1.29 is 19.4 Å². The number of carbonyl (C=O) groups excluding carboxylic acids is 1. The van der Waals surface area contributed by atoms with Gasteiger partial charge in [-0.15, -0.1) is 0 Å². The molecule has 1 aliphatic heterocycles. The molecule has 1 aliphatic carbocycles. The highest BCUT2D eigenvalue weighted by Gasteiger charge is 2.39. The van der Waals surface area contributed by atoms with Gasteiger partial charge < -0.3 is 15.2 Å². The van der Waals surface area contributed by atoms with E-state index in [4.69, 9.17) is 4.74 Å². The van der Waals surface area contributed by atoms with Crippen LogP contribution < -0.4 is 10.1 Å². The summed E-state index contributed by atoms with van der Waals surface area (Å²) in [5, 5.41) is 13.7. The number of ether oxygens (including phenoxy) is 1. The monoisotopic (exact) mass is 500 g/mol. The maximum atomic E-state index is 12.9. The van der Waals surface area contributed by atoms with E-state index in [1.807, 2.05) is 59.8 Å². The lowest BCUT2D eigenvalue weighted by molar-refractivity contribution is 0.0695. The predicted molar refractivity (Wildman–Crippen MR) is 148 cm³/mol. The molecule has 2 aromatic rings. The first kappa shape index (κ1) is 26.4. The molecule has 0 bridgehead atoms. The molecular formula is C31H36N2O4. The smallest absolute Gasteiger partial charge is 0.336 e. The molecule has 0 fully saturated rings. The van der Waals surface area contributed by atoms with E-state index in [1.54, 1.807) is 12.1 Å². The van der Waals surface area contributed by atoms with Crippen molar-refractivity contribution in [2.75, 3.05) is 18.4 Å². The number of ketones is 1. The number of aryl methyl sites for hydroxylation is 1. The number of carboxylic acids is 1. The van der Waals surface area contributed by atoms with Crippen LogP contribution in [0.3, 0.4) is 0 Å². The first-order chi connectivity index (χ1) is 17.7. The molecule has 2 N–H and O–H groups in total. The molecule has 37 heavy (non-hydrogen) atoms. The summed E-state index contributed by atoms with van der Waals surface area (Å²) in [4.78, 5) is 30.1. The van der Waals surface area contributed by atoms with Crippen molar-refractivity contribution >= 4 is 23.2 Å². The van der Waals surface area contributed by atoms with Crippen LogP contribution in [0.1, 0.15) is 84.4 Å². The van der Waals surface area contributed by atoms with Crippen LogP contribution in [0, 0.1) is 18.8 Å². The molecule has 1 heterocycles. The summed E-state index contributed by atoms with van der Waals surface area (Å²) in [6.45, 7) is 13.4. The van der Waals surface area contributed by atoms with Crippen molar-refractivity contribution in [1.29, 1.82) is 0 Å². The largest absolute Gasteiger partial charge is 0.478 e. The molecule has 0 aromatic heterocycles. The van der Waals surface area contributed by atoms with E-state index < -0.39 is 5.97 Å². The summed E-state index contributed by atoms with van der Waals surface area (Å²) in [6.07, 6.45) is 4.81. The van der Waals surface area contributed by atoms with Crippen LogP contribution in [0.4, 0.5) is 5.69 Å². The maximum Gasteiger partial charge on any atom is 0.336 e. The Bertz CT molecular complexity index is 1330. The van der Waals surface area contributed by atoms with Gasteiger partial charge in [0.25, 0.3) is 0 Å². The Balaban J connectivity index is 1.95. The zero-order valence-corrected chi connectivity index (χ0v) is 22.5. The number of nitrogens with one attached hydrogen (secondary N) is 1. The number of anilines is 1. The number of benzene rings is 2. The molecular weight excluding hydrogens is 464 g/mol. The van der Waals surface area contributed by atoms with Crippen LogP contribution in [0.15, 0.2) is 58.8 Å². The van der Waals surface area contributed by atoms with Crippen molar-refractivity contribution in [2.45, 2.75) is 53.9 Å². The maximum absolute atomic E-state index is 12.9. The lowest BCUT2D eigenvalue weighted by Crippen LogP contribution is -2.29. The lowest BCUT2D eigenvalue weighted by Gasteiger charge is -2.37. The quantitative estimate of drug-likeness (QED) is 0.389. The molecule has 0 amide bonds. The van der Waals surface area contributed by atoms with E-state index in [1.165, 1.54) is 0 Å². The number of nitrogens with zero attached hydrogens (tertiary/aromatic N) is 1. The molecule has 6 nitrogen and oxygen atoms in total. The molecule has 0 spiro atoms. The van der Waals surface area contributed by atoms with Gasteiger partial charge in [-0.1, -0.05) is 32.1 Å². The van der Waals surface area contributed by atoms with Crippen molar-refractivity contribution in [1.82, 2.24) is 0 Å². The van der Waals surface area contributed by atoms with Gasteiger partial charge in [0.2, 0.25) is 0 Å². The van der Waals surface area contributed by atoms with Gasteiger partial charge in [0.15, 0.2) is 5.78 Å². The van der Waals surface area contributed by atoms with E-state index in [0.717, 1.165) is 40.4 Å². The highest BCUT2D eigenvalue weighted by Crippen LogP contribution is 2.50. The topological polar surface area (TPSA) is 88.0 Å². The number of Topliss-reactive ketones (excluding diaryl/α,β-unsaturated/α-hetero) is 1. The van der Waals surface area contributed by atoms with E-state index in [2.05, 4.69) is 22.5 Å². The highest BCUT2D eigenvalue weighted by molar-refractivity contribution is 6.09. The average Bonchev–Trinajstić information content (AvgIpc) is 2.88. The number of carbonyl (C=O) groups is 2. The zero-order chi connectivity index (χ0) is 26.9. The first-order valence-corrected chi connectivity index (χ1v) is 13.1. The van der Waals surface area contributed by atoms with Crippen molar-refractivity contribution in [2.24, 2.45) is 16.8 Å². The van der Waals surface area contributed by atoms with Gasteiger partial charge in [0.1, 0.15) is 11.5 Å². The molecule has 3 atom stereocenters. The van der Waals surface area contributed by atoms with Crippen LogP contribution in [0.25, 0.3) is 0 Å². The Morgan fingerprint density at radius 3 is 2.51 bits per heavy atom. The minimum Gasteiger partial charge on any atom is -0.478 e. The Hall–Kier alpha value is -3.67. The molecule has 0 radical (unpaired) electrons. The van der Waals surface area contributed by atoms with E-state index in [9.17, 15) is 14.7 Å². The van der Waals surface area contributed by atoms with E-state index in [0.29, 0.717) is 29.8 Å². The molecule has 3 unspecified atom stereocenters. The molecule has 4 rings (SSSR count). The third-order valence-corrected chi connectivity index (χ3v) is 7.38. The Labute approximate surface area is 219 Å². The third-order valence-electron chi connectivity index (χ3n) is 7.38. The Morgan fingerprint density at radius 2 is 1.86 bits per heavy atom. The van der Waals surface area contributed by atoms with Gasteiger partial charge in [0, 0.05) is 59.8 Å². The van der Waals surface area contributed by atoms with Gasteiger partial charge in [-0.25, -0.2) is 4.79 Å². The summed E-state index contributed by atoms with van der Waals surface area (Å²) in [6, 6.07) is 9.24. The second-order valence-electron chi connectivity index (χ2n) is 9.88. The number of hydrogen-bond acceptors (Lipinski definition) is 5. The van der Waals surface area contributed by atoms with Crippen LogP contribution in [-0.4, -0.2) is 35.7 Å². The van der Waals surface area contributed by atoms with Gasteiger partial charge in [-0.2, -0.15) is 0 Å². The fraction of sp³-hybridized carbons (Fsp3) is 0.387. The standard InChI is InChI=1S/C31H36N2O4/c1-7-17(4)30(34)20-10-11-21(22(14-20)31(35)36)29-23-12-18(5)25(32-8-2)15-27(23)37-28-16-26(33-9-3)19(6)13-24(28)29/h10-17,23,29,33H,7-9H2,1-6H3,(H,35,36). The number of rotatable bonds is 8. The van der Waals surface area contributed by atoms with Crippen LogP contribution in [0.5, 0.6) is 5.75 Å². The van der Waals surface area contributed by atoms with Crippen LogP contribution in [-0.2, 0) is 0 Å². The minimum absolute atomic E-state index is 0.0375. The second kappa shape index (κ2) is 10.8. The highest BCUT2D eigenvalue weighted by atomic mass is 16.5. The summed E-state index contributed by atoms with van der Waals surface area (Å²) < 4.78 is 6.46. The van der Waals surface area contributed by atoms with Crippen LogP contribution >= 0.6 is 0 Å². The predicted octanol–water partition coefficient (Wildman–Crippen LogP) is 6.80. The Morgan fingerprint density at radius 1 is 1.11 bits per heavy atom. The van der Waals surface area contributed by atoms with Crippen molar-refractivity contribution in [3.05, 3.63) is 81.6 Å². The second-order valence-corrected chi connectivity index (χ2v) is 9.88. The lowest BCUT2D eigenvalue weighted by atomic mass is 9.72. The number of fused-ring (bicyclic) bond motifs is 2. The SMILES string of the molecule is CCN=C1C=C2Oc3cc(NCC)c(C)cc3C(c3ccc(C(=O)C(C)CC)cc3C(=O)O)C2C=C1C. The van der Waals surface area contributed by atoms with E-state index in [-0.39, 0.29) is 29.1 Å². The molecule has 0 saturated carbocycles. The summed E-state index contributed by atoms with van der Waals surface area (Å²) in [5.41, 5.74) is 6.15. The first-order valence-electron chi connectivity index (χ1n) is 13.1. The number of hydrogen-bond donors (Lipinski definition) is 2. The molecule has 2 aliphatic rings. The molecule has 194 valence electrons. The van der Waals surface area contributed by atoms with Gasteiger partial charge >= 0.3 is 5.97 Å². The van der Waals surface area contributed by atoms with Gasteiger partial charge in [0.05, 0.1) is 11.3 Å². The number of aromatic carboxylic acids is 1. The summed E-state index contributed by atoms with van der Waals surface area (Å²) in [5.74, 6) is -0.282. The Kier molecular flexibility index (Phi) is 7.67. The summed E-state index contributed by atoms with van der Waals surface area (Å²) in [7, 11) is 0. The zero-order valence-electron chi connectivity index (χ0n) is 22.5. The van der Waals surface area contributed by atoms with Crippen molar-refractivity contribution in [3.8, 4) is 5.75 Å². The number of allylic oxidation sites excluding steroid dienone is 3.